The number of nitrogens with zero attached hydrogens (tertiary/aromatic N) is 2. The minimum absolute atomic E-state index is 0.451. The molecule has 0 saturated carbocycles. The van der Waals surface area contributed by atoms with Crippen LogP contribution in [0.15, 0.2) is 224 Å². The van der Waals surface area contributed by atoms with Crippen molar-refractivity contribution < 1.29 is 0 Å². The zero-order chi connectivity index (χ0) is 39.1. The quantitative estimate of drug-likeness (QED) is 0.170. The van der Waals surface area contributed by atoms with Crippen molar-refractivity contribution in [2.75, 3.05) is 4.90 Å². The first kappa shape index (κ1) is 33.7. The maximum absolute atomic E-state index is 2.52. The van der Waals surface area contributed by atoms with E-state index in [0.29, 0.717) is 0 Å². The van der Waals surface area contributed by atoms with Crippen molar-refractivity contribution in [3.05, 3.63) is 252 Å². The molecule has 1 aromatic heterocycles. The third-order valence-electron chi connectivity index (χ3n) is 13.4. The Hall–Kier alpha value is -7.42. The molecular formula is C57H40N2. The number of hydrogen-bond acceptors (Lipinski definition) is 1. The number of para-hydroxylation sites is 3. The summed E-state index contributed by atoms with van der Waals surface area (Å²) in [5.74, 6) is 0. The Labute approximate surface area is 344 Å². The van der Waals surface area contributed by atoms with Gasteiger partial charge in [-0.1, -0.05) is 176 Å². The van der Waals surface area contributed by atoms with Gasteiger partial charge in [-0.3, -0.25) is 0 Å². The predicted molar refractivity (Wildman–Crippen MR) is 246 cm³/mol. The second kappa shape index (κ2) is 12.8. The Kier molecular flexibility index (Phi) is 7.31. The van der Waals surface area contributed by atoms with Crippen LogP contribution >= 0.6 is 0 Å². The monoisotopic (exact) mass is 752 g/mol. The van der Waals surface area contributed by atoms with Gasteiger partial charge in [0, 0.05) is 27.6 Å². The van der Waals surface area contributed by atoms with Crippen molar-refractivity contribution >= 4 is 38.9 Å². The highest BCUT2D eigenvalue weighted by atomic mass is 15.2. The Morgan fingerprint density at radius 1 is 0.356 bits per heavy atom. The maximum Gasteiger partial charge on any atom is 0.0627 e. The summed E-state index contributed by atoms with van der Waals surface area (Å²) in [6.07, 6.45) is 0. The molecule has 2 nitrogen and oxygen atoms in total. The minimum atomic E-state index is -0.577. The maximum atomic E-state index is 2.52. The van der Waals surface area contributed by atoms with Crippen LogP contribution in [-0.2, 0) is 10.8 Å². The van der Waals surface area contributed by atoms with Gasteiger partial charge < -0.3 is 9.47 Å². The van der Waals surface area contributed by atoms with Crippen LogP contribution in [0.5, 0.6) is 0 Å². The summed E-state index contributed by atoms with van der Waals surface area (Å²) >= 11 is 0. The molecule has 2 aliphatic rings. The van der Waals surface area contributed by atoms with Crippen LogP contribution in [0.4, 0.5) is 17.1 Å². The van der Waals surface area contributed by atoms with E-state index in [1.165, 1.54) is 83.3 Å². The van der Waals surface area contributed by atoms with Crippen molar-refractivity contribution in [1.82, 2.24) is 4.57 Å². The van der Waals surface area contributed by atoms with Crippen LogP contribution < -0.4 is 4.90 Å². The second-order valence-corrected chi connectivity index (χ2v) is 16.2. The molecular weight excluding hydrogens is 713 g/mol. The zero-order valence-corrected chi connectivity index (χ0v) is 32.8. The summed E-state index contributed by atoms with van der Waals surface area (Å²) in [7, 11) is 0. The molecule has 1 aliphatic carbocycles. The van der Waals surface area contributed by atoms with Gasteiger partial charge in [-0.15, -0.1) is 0 Å². The molecule has 0 fully saturated rings. The van der Waals surface area contributed by atoms with E-state index in [4.69, 9.17) is 0 Å². The number of anilines is 3. The van der Waals surface area contributed by atoms with Gasteiger partial charge in [-0.2, -0.15) is 0 Å². The fourth-order valence-corrected chi connectivity index (χ4v) is 11.0. The van der Waals surface area contributed by atoms with Gasteiger partial charge in [0.05, 0.1) is 27.8 Å². The largest absolute Gasteiger partial charge is 0.310 e. The molecule has 2 heterocycles. The lowest BCUT2D eigenvalue weighted by Gasteiger charge is -2.54. The lowest BCUT2D eigenvalue weighted by Crippen LogP contribution is -2.51. The van der Waals surface area contributed by atoms with Crippen LogP contribution in [-0.4, -0.2) is 4.57 Å². The number of fused-ring (bicyclic) bond motifs is 8. The lowest BCUT2D eigenvalue weighted by molar-refractivity contribution is 0.395. The van der Waals surface area contributed by atoms with Crippen molar-refractivity contribution in [1.29, 1.82) is 0 Å². The van der Waals surface area contributed by atoms with Gasteiger partial charge in [-0.05, 0) is 106 Å². The average Bonchev–Trinajstić information content (AvgIpc) is 3.78. The molecule has 10 aromatic rings. The van der Waals surface area contributed by atoms with Crippen LogP contribution in [0.3, 0.4) is 0 Å². The molecule has 1 aliphatic heterocycles. The summed E-state index contributed by atoms with van der Waals surface area (Å²) < 4.78 is 2.41. The molecule has 278 valence electrons. The van der Waals surface area contributed by atoms with Crippen LogP contribution in [0.1, 0.15) is 34.7 Å². The van der Waals surface area contributed by atoms with Crippen molar-refractivity contribution in [2.45, 2.75) is 17.8 Å². The Morgan fingerprint density at radius 3 is 1.47 bits per heavy atom. The summed E-state index contributed by atoms with van der Waals surface area (Å²) in [5, 5.41) is 2.46. The fraction of sp³-hybridized carbons (Fsp3) is 0.0526. The first-order chi connectivity index (χ1) is 29.2. The molecule has 0 N–H and O–H groups in total. The molecule has 0 unspecified atom stereocenters. The van der Waals surface area contributed by atoms with E-state index in [1.54, 1.807) is 0 Å². The highest BCUT2D eigenvalue weighted by Crippen LogP contribution is 2.67. The third kappa shape index (κ3) is 4.57. The number of benzene rings is 9. The topological polar surface area (TPSA) is 8.17 Å². The van der Waals surface area contributed by atoms with Crippen LogP contribution in [0.25, 0.3) is 49.7 Å². The average molecular weight is 753 g/mol. The SMILES string of the molecule is CC1(C2(c3ccccc3)c3ccccc3N(c3ccc4c(c3)c3ccccc3n4-c3ccc(-c4ccccc4)cc3)c3ccccc32)c2ccccc2-c2ccccc21. The molecule has 2 heteroatoms. The molecule has 0 atom stereocenters. The number of rotatable bonds is 5. The normalized spacial score (nSPS) is 14.4. The molecule has 59 heavy (non-hydrogen) atoms. The van der Waals surface area contributed by atoms with Crippen molar-refractivity contribution in [2.24, 2.45) is 0 Å². The summed E-state index contributed by atoms with van der Waals surface area (Å²) in [4.78, 5) is 2.52. The van der Waals surface area contributed by atoms with Gasteiger partial charge in [0.1, 0.15) is 0 Å². The van der Waals surface area contributed by atoms with Gasteiger partial charge in [0.15, 0.2) is 0 Å². The lowest BCUT2D eigenvalue weighted by atomic mass is 9.50. The molecule has 0 amide bonds. The van der Waals surface area contributed by atoms with E-state index in [1.807, 2.05) is 0 Å². The molecule has 12 rings (SSSR count). The van der Waals surface area contributed by atoms with Crippen LogP contribution in [0.2, 0.25) is 0 Å². The minimum Gasteiger partial charge on any atom is -0.310 e. The highest BCUT2D eigenvalue weighted by molar-refractivity contribution is 6.11. The standard InChI is InChI=1S/C57H40N2/c1-56(48-25-11-8-22-44(48)45-23-9-12-26-49(45)56)57(41-20-6-3-7-21-41)50-27-13-16-30-54(50)59(55-31-17-14-28-51(55)57)43-36-37-53-47(38-43)46-24-10-15-29-52(46)58(53)42-34-32-40(33-35-42)39-18-4-2-5-19-39/h2-38H,1H3. The molecule has 0 radical (unpaired) electrons. The van der Waals surface area contributed by atoms with E-state index < -0.39 is 10.8 Å². The Morgan fingerprint density at radius 2 is 0.831 bits per heavy atom. The molecule has 0 bridgehead atoms. The van der Waals surface area contributed by atoms with E-state index in [0.717, 1.165) is 11.4 Å². The first-order valence-electron chi connectivity index (χ1n) is 20.6. The predicted octanol–water partition coefficient (Wildman–Crippen LogP) is 14.6. The highest BCUT2D eigenvalue weighted by Gasteiger charge is 2.60. The van der Waals surface area contributed by atoms with Crippen LogP contribution in [0, 0.1) is 0 Å². The van der Waals surface area contributed by atoms with Crippen molar-refractivity contribution in [3.8, 4) is 27.9 Å². The first-order valence-corrected chi connectivity index (χ1v) is 20.6. The second-order valence-electron chi connectivity index (χ2n) is 16.2. The zero-order valence-electron chi connectivity index (χ0n) is 32.8. The van der Waals surface area contributed by atoms with E-state index in [9.17, 15) is 0 Å². The summed E-state index contributed by atoms with van der Waals surface area (Å²) in [6, 6.07) is 83.3. The summed E-state index contributed by atoms with van der Waals surface area (Å²) in [5.41, 5.74) is 17.7. The van der Waals surface area contributed by atoms with Gasteiger partial charge in [0.2, 0.25) is 0 Å². The molecule has 0 spiro atoms. The van der Waals surface area contributed by atoms with E-state index in [2.05, 4.69) is 241 Å². The van der Waals surface area contributed by atoms with E-state index >= 15 is 0 Å². The van der Waals surface area contributed by atoms with Gasteiger partial charge in [0.25, 0.3) is 0 Å². The number of aromatic nitrogens is 1. The van der Waals surface area contributed by atoms with E-state index in [-0.39, 0.29) is 0 Å². The smallest absolute Gasteiger partial charge is 0.0627 e. The molecule has 9 aromatic carbocycles. The summed E-state index contributed by atoms with van der Waals surface area (Å²) in [6.45, 7) is 2.50. The number of hydrogen-bond donors (Lipinski definition) is 0. The third-order valence-corrected chi connectivity index (χ3v) is 13.4. The fourth-order valence-electron chi connectivity index (χ4n) is 11.0. The van der Waals surface area contributed by atoms with Gasteiger partial charge in [-0.25, -0.2) is 0 Å². The Balaban J connectivity index is 1.10. The molecule has 0 saturated heterocycles. The van der Waals surface area contributed by atoms with Gasteiger partial charge >= 0.3 is 0 Å². The Bertz CT molecular complexity index is 3140. The van der Waals surface area contributed by atoms with Crippen molar-refractivity contribution in [3.63, 3.8) is 0 Å².